The van der Waals surface area contributed by atoms with Crippen molar-refractivity contribution in [1.29, 1.82) is 0 Å². The highest BCUT2D eigenvalue weighted by molar-refractivity contribution is 5.97. The van der Waals surface area contributed by atoms with Crippen LogP contribution in [-0.4, -0.2) is 20.9 Å². The number of carbonyl (C=O) groups is 1. The average Bonchev–Trinajstić information content (AvgIpc) is 3.29. The van der Waals surface area contributed by atoms with Crippen LogP contribution in [-0.2, 0) is 4.79 Å². The monoisotopic (exact) mass is 307 g/mol. The summed E-state index contributed by atoms with van der Waals surface area (Å²) in [5.41, 5.74) is 9.56. The minimum atomic E-state index is 0.0576. The van der Waals surface area contributed by atoms with E-state index < -0.39 is 0 Å². The van der Waals surface area contributed by atoms with Crippen molar-refractivity contribution in [2.75, 3.05) is 11.1 Å². The molecule has 0 spiro atoms. The maximum absolute atomic E-state index is 11.8. The van der Waals surface area contributed by atoms with Crippen molar-refractivity contribution in [2.24, 2.45) is 5.92 Å². The first-order chi connectivity index (χ1) is 11.1. The van der Waals surface area contributed by atoms with Gasteiger partial charge in [-0.05, 0) is 43.5 Å². The molecule has 3 aromatic heterocycles. The molecule has 4 rings (SSSR count). The van der Waals surface area contributed by atoms with Gasteiger partial charge in [0.1, 0.15) is 17.3 Å². The van der Waals surface area contributed by atoms with Gasteiger partial charge in [-0.25, -0.2) is 9.97 Å². The number of hydrogen-bond acceptors (Lipinski definition) is 4. The summed E-state index contributed by atoms with van der Waals surface area (Å²) in [5.74, 6) is 1.31. The second-order valence-electron chi connectivity index (χ2n) is 5.98. The van der Waals surface area contributed by atoms with Crippen LogP contribution in [0.5, 0.6) is 0 Å². The Bertz CT molecular complexity index is 910. The lowest BCUT2D eigenvalue weighted by Gasteiger charge is -2.06. The maximum Gasteiger partial charge on any atom is 0.228 e. The normalized spacial score (nSPS) is 14.1. The second kappa shape index (κ2) is 5.08. The third kappa shape index (κ3) is 2.52. The zero-order valence-corrected chi connectivity index (χ0v) is 12.8. The zero-order valence-electron chi connectivity index (χ0n) is 12.8. The summed E-state index contributed by atoms with van der Waals surface area (Å²) in [7, 11) is 0. The van der Waals surface area contributed by atoms with Gasteiger partial charge in [-0.3, -0.25) is 4.79 Å². The third-order valence-electron chi connectivity index (χ3n) is 4.16. The number of rotatable bonds is 3. The lowest BCUT2D eigenvalue weighted by Crippen LogP contribution is -2.14. The van der Waals surface area contributed by atoms with Crippen LogP contribution < -0.4 is 11.1 Å². The lowest BCUT2D eigenvalue weighted by molar-refractivity contribution is -0.117. The number of pyridine rings is 2. The van der Waals surface area contributed by atoms with E-state index in [1.807, 2.05) is 31.3 Å². The van der Waals surface area contributed by atoms with Gasteiger partial charge >= 0.3 is 0 Å². The summed E-state index contributed by atoms with van der Waals surface area (Å²) < 4.78 is 0. The number of nitrogens with one attached hydrogen (secondary N) is 2. The van der Waals surface area contributed by atoms with Gasteiger partial charge in [0.05, 0.1) is 0 Å². The van der Waals surface area contributed by atoms with Gasteiger partial charge in [0.2, 0.25) is 5.91 Å². The molecule has 1 fully saturated rings. The minimum Gasteiger partial charge on any atom is -0.384 e. The molecule has 0 aromatic carbocycles. The van der Waals surface area contributed by atoms with Crippen molar-refractivity contribution in [3.8, 4) is 11.1 Å². The van der Waals surface area contributed by atoms with Gasteiger partial charge in [-0.1, -0.05) is 0 Å². The number of hydrogen-bond donors (Lipinski definition) is 3. The number of carbonyl (C=O) groups excluding carboxylic acids is 1. The first-order valence-electron chi connectivity index (χ1n) is 7.63. The fourth-order valence-corrected chi connectivity index (χ4v) is 2.73. The van der Waals surface area contributed by atoms with Crippen LogP contribution in [0.3, 0.4) is 0 Å². The van der Waals surface area contributed by atoms with Crippen molar-refractivity contribution in [1.82, 2.24) is 15.0 Å². The zero-order chi connectivity index (χ0) is 16.0. The van der Waals surface area contributed by atoms with Crippen LogP contribution in [0.2, 0.25) is 0 Å². The maximum atomic E-state index is 11.8. The number of aryl methyl sites for hydroxylation is 1. The van der Waals surface area contributed by atoms with E-state index in [0.29, 0.717) is 11.6 Å². The molecule has 0 saturated heterocycles. The fourth-order valence-electron chi connectivity index (χ4n) is 2.73. The van der Waals surface area contributed by atoms with Crippen LogP contribution in [0.25, 0.3) is 22.2 Å². The fraction of sp³-hybridized carbons (Fsp3) is 0.235. The third-order valence-corrected chi connectivity index (χ3v) is 4.16. The molecule has 0 atom stereocenters. The highest BCUT2D eigenvalue weighted by atomic mass is 16.2. The molecule has 0 bridgehead atoms. The van der Waals surface area contributed by atoms with Crippen molar-refractivity contribution in [3.05, 3.63) is 36.2 Å². The molecule has 0 radical (unpaired) electrons. The van der Waals surface area contributed by atoms with Gasteiger partial charge in [-0.15, -0.1) is 0 Å². The SMILES string of the molecule is Cc1cc(N)ncc1-c1c[nH]c2nc(NC(=O)C3CC3)ccc12. The molecule has 4 N–H and O–H groups in total. The molecule has 0 unspecified atom stereocenters. The molecule has 23 heavy (non-hydrogen) atoms. The summed E-state index contributed by atoms with van der Waals surface area (Å²) in [5, 5.41) is 3.85. The number of aromatic nitrogens is 3. The molecular formula is C17H17N5O. The van der Waals surface area contributed by atoms with Crippen LogP contribution in [0.4, 0.5) is 11.6 Å². The van der Waals surface area contributed by atoms with Crippen LogP contribution in [0.15, 0.2) is 30.6 Å². The molecule has 6 heteroatoms. The first-order valence-corrected chi connectivity index (χ1v) is 7.63. The highest BCUT2D eigenvalue weighted by Crippen LogP contribution is 2.32. The summed E-state index contributed by atoms with van der Waals surface area (Å²) >= 11 is 0. The molecule has 3 heterocycles. The average molecular weight is 307 g/mol. The topological polar surface area (TPSA) is 96.7 Å². The Morgan fingerprint density at radius 2 is 2.17 bits per heavy atom. The van der Waals surface area contributed by atoms with Crippen molar-refractivity contribution in [3.63, 3.8) is 0 Å². The van der Waals surface area contributed by atoms with E-state index in [-0.39, 0.29) is 11.8 Å². The smallest absolute Gasteiger partial charge is 0.228 e. The van der Waals surface area contributed by atoms with Gasteiger partial charge in [0.15, 0.2) is 0 Å². The minimum absolute atomic E-state index is 0.0576. The number of nitrogens with two attached hydrogens (primary N) is 1. The Morgan fingerprint density at radius 1 is 1.35 bits per heavy atom. The van der Waals surface area contributed by atoms with Gasteiger partial charge in [0, 0.05) is 34.8 Å². The number of anilines is 2. The molecule has 1 amide bonds. The number of fused-ring (bicyclic) bond motifs is 1. The van der Waals surface area contributed by atoms with Gasteiger partial charge in [-0.2, -0.15) is 0 Å². The van der Waals surface area contributed by atoms with Gasteiger partial charge in [0.25, 0.3) is 0 Å². The Hall–Kier alpha value is -2.89. The summed E-state index contributed by atoms with van der Waals surface area (Å²) in [6, 6.07) is 5.65. The Kier molecular flexibility index (Phi) is 3.04. The first kappa shape index (κ1) is 13.8. The molecule has 1 aliphatic rings. The number of aromatic amines is 1. The quantitative estimate of drug-likeness (QED) is 0.693. The Labute approximate surface area is 133 Å². The Morgan fingerprint density at radius 3 is 2.91 bits per heavy atom. The number of nitrogen functional groups attached to an aromatic ring is 1. The van der Waals surface area contributed by atoms with E-state index >= 15 is 0 Å². The molecular weight excluding hydrogens is 290 g/mol. The van der Waals surface area contributed by atoms with E-state index in [0.717, 1.165) is 40.6 Å². The lowest BCUT2D eigenvalue weighted by atomic mass is 10.0. The highest BCUT2D eigenvalue weighted by Gasteiger charge is 2.29. The van der Waals surface area contributed by atoms with Crippen molar-refractivity contribution >= 4 is 28.6 Å². The molecule has 116 valence electrons. The van der Waals surface area contributed by atoms with Crippen LogP contribution >= 0.6 is 0 Å². The van der Waals surface area contributed by atoms with Gasteiger partial charge < -0.3 is 16.0 Å². The predicted octanol–water partition coefficient (Wildman–Crippen LogP) is 2.86. The molecule has 1 aliphatic carbocycles. The van der Waals surface area contributed by atoms with E-state index in [1.165, 1.54) is 0 Å². The molecule has 0 aliphatic heterocycles. The molecule has 6 nitrogen and oxygen atoms in total. The Balaban J connectivity index is 1.71. The standard InChI is InChI=1S/C17H17N5O/c1-9-6-14(18)19-7-12(9)13-8-20-16-11(13)4-5-15(21-16)22-17(23)10-2-3-10/h4-8,10H,2-3H2,1H3,(H2,18,19)(H2,20,21,22,23). The van der Waals surface area contributed by atoms with E-state index in [2.05, 4.69) is 20.3 Å². The second-order valence-corrected chi connectivity index (χ2v) is 5.98. The largest absolute Gasteiger partial charge is 0.384 e. The van der Waals surface area contributed by atoms with E-state index in [4.69, 9.17) is 5.73 Å². The summed E-state index contributed by atoms with van der Waals surface area (Å²) in [6.45, 7) is 2.00. The summed E-state index contributed by atoms with van der Waals surface area (Å²) in [4.78, 5) is 23.7. The number of nitrogens with zero attached hydrogens (tertiary/aromatic N) is 2. The molecule has 1 saturated carbocycles. The van der Waals surface area contributed by atoms with Crippen molar-refractivity contribution < 1.29 is 4.79 Å². The summed E-state index contributed by atoms with van der Waals surface area (Å²) in [6.07, 6.45) is 5.63. The van der Waals surface area contributed by atoms with E-state index in [1.54, 1.807) is 6.20 Å². The molecule has 3 aromatic rings. The van der Waals surface area contributed by atoms with Crippen LogP contribution in [0.1, 0.15) is 18.4 Å². The number of H-pyrrole nitrogens is 1. The van der Waals surface area contributed by atoms with Crippen molar-refractivity contribution in [2.45, 2.75) is 19.8 Å². The van der Waals surface area contributed by atoms with Crippen LogP contribution in [0, 0.1) is 12.8 Å². The predicted molar refractivity (Wildman–Crippen MR) is 89.8 cm³/mol. The number of amides is 1. The van der Waals surface area contributed by atoms with E-state index in [9.17, 15) is 4.79 Å².